The molecule has 0 bridgehead atoms. The first-order chi connectivity index (χ1) is 18.8. The smallest absolute Gasteiger partial charge is 0.221 e. The van der Waals surface area contributed by atoms with Gasteiger partial charge in [0.1, 0.15) is 22.5 Å². The maximum atomic E-state index is 14.3. The van der Waals surface area contributed by atoms with Gasteiger partial charge >= 0.3 is 0 Å². The summed E-state index contributed by atoms with van der Waals surface area (Å²) in [5.41, 5.74) is 2.52. The first-order valence-electron chi connectivity index (χ1n) is 12.5. The van der Waals surface area contributed by atoms with Crippen molar-refractivity contribution in [3.63, 3.8) is 0 Å². The molecule has 1 aromatic heterocycles. The Morgan fingerprint density at radius 3 is 1.69 bits per heavy atom. The van der Waals surface area contributed by atoms with Gasteiger partial charge in [0.25, 0.3) is 0 Å². The van der Waals surface area contributed by atoms with Gasteiger partial charge in [0, 0.05) is 25.5 Å². The van der Waals surface area contributed by atoms with Crippen LogP contribution in [-0.2, 0) is 23.1 Å². The fraction of sp³-hybridized carbons (Fsp3) is 0.267. The Bertz CT molecular complexity index is 1380. The van der Waals surface area contributed by atoms with E-state index in [1.54, 1.807) is 45.7 Å². The van der Waals surface area contributed by atoms with Crippen LogP contribution in [0.1, 0.15) is 35.5 Å². The lowest BCUT2D eigenvalue weighted by atomic mass is 10.2. The van der Waals surface area contributed by atoms with Gasteiger partial charge in [-0.3, -0.25) is 0 Å². The van der Waals surface area contributed by atoms with Crippen LogP contribution in [0.2, 0.25) is 0 Å². The highest BCUT2D eigenvalue weighted by atomic mass is 32.2. The third-order valence-corrected chi connectivity index (χ3v) is 8.52. The number of aryl methyl sites for hydroxylation is 1. The number of rotatable bonds is 12. The van der Waals surface area contributed by atoms with Gasteiger partial charge in [0.2, 0.25) is 10.0 Å². The van der Waals surface area contributed by atoms with Crippen LogP contribution in [0.5, 0.6) is 17.2 Å². The van der Waals surface area contributed by atoms with E-state index in [1.807, 2.05) is 73.7 Å². The molecule has 1 heterocycles. The Balaban J connectivity index is 1.70. The zero-order valence-corrected chi connectivity index (χ0v) is 23.3. The average Bonchev–Trinajstić information content (AvgIpc) is 2.97. The molecule has 0 saturated carbocycles. The second-order valence-corrected chi connectivity index (χ2v) is 11.5. The van der Waals surface area contributed by atoms with Gasteiger partial charge in [0.15, 0.2) is 11.9 Å². The quantitative estimate of drug-likeness (QED) is 0.236. The summed E-state index contributed by atoms with van der Waals surface area (Å²) in [6, 6.07) is 23.8. The lowest BCUT2D eigenvalue weighted by molar-refractivity contribution is 0.189. The fourth-order valence-corrected chi connectivity index (χ4v) is 5.67. The highest BCUT2D eigenvalue weighted by molar-refractivity contribution is 7.89. The third kappa shape index (κ3) is 7.13. The number of nitrogens with zero attached hydrogens (tertiary/aromatic N) is 3. The molecule has 204 valence electrons. The van der Waals surface area contributed by atoms with Gasteiger partial charge in [-0.05, 0) is 66.9 Å². The second kappa shape index (κ2) is 12.7. The maximum Gasteiger partial charge on any atom is 0.221 e. The predicted molar refractivity (Wildman–Crippen MR) is 150 cm³/mol. The van der Waals surface area contributed by atoms with Crippen molar-refractivity contribution >= 4 is 10.0 Å². The SMILES string of the molecule is COc1ccc(CN(Cc2ccc(OC)cc2)S(=O)(=O)C(C)[C@@H](Oc2ccccc2)c2ncc(C)cn2)cc1. The summed E-state index contributed by atoms with van der Waals surface area (Å²) in [6.45, 7) is 3.84. The summed E-state index contributed by atoms with van der Waals surface area (Å²) in [5, 5.41) is -1.00. The molecule has 3 aromatic carbocycles. The molecule has 8 nitrogen and oxygen atoms in total. The highest BCUT2D eigenvalue weighted by Crippen LogP contribution is 2.30. The molecular formula is C30H33N3O5S. The minimum absolute atomic E-state index is 0.162. The van der Waals surface area contributed by atoms with E-state index >= 15 is 0 Å². The first kappa shape index (κ1) is 28.1. The minimum Gasteiger partial charge on any atom is -0.497 e. The van der Waals surface area contributed by atoms with E-state index in [2.05, 4.69) is 9.97 Å². The number of ether oxygens (including phenoxy) is 3. The molecule has 9 heteroatoms. The summed E-state index contributed by atoms with van der Waals surface area (Å²) in [5.74, 6) is 2.23. The average molecular weight is 548 g/mol. The van der Waals surface area contributed by atoms with Gasteiger partial charge in [-0.25, -0.2) is 18.4 Å². The van der Waals surface area contributed by atoms with E-state index in [4.69, 9.17) is 14.2 Å². The number of methoxy groups -OCH3 is 2. The van der Waals surface area contributed by atoms with Crippen molar-refractivity contribution in [2.75, 3.05) is 14.2 Å². The first-order valence-corrected chi connectivity index (χ1v) is 14.1. The van der Waals surface area contributed by atoms with Crippen molar-refractivity contribution in [3.05, 3.63) is 114 Å². The normalized spacial score (nSPS) is 13.1. The van der Waals surface area contributed by atoms with Crippen molar-refractivity contribution in [1.29, 1.82) is 0 Å². The van der Waals surface area contributed by atoms with E-state index < -0.39 is 21.4 Å². The van der Waals surface area contributed by atoms with Gasteiger partial charge in [-0.2, -0.15) is 4.31 Å². The molecule has 0 N–H and O–H groups in total. The molecule has 0 aliphatic rings. The van der Waals surface area contributed by atoms with Crippen molar-refractivity contribution in [2.45, 2.75) is 38.3 Å². The van der Waals surface area contributed by atoms with E-state index in [0.29, 0.717) is 23.1 Å². The van der Waals surface area contributed by atoms with Gasteiger partial charge in [-0.15, -0.1) is 0 Å². The molecule has 0 fully saturated rings. The monoisotopic (exact) mass is 547 g/mol. The molecule has 4 rings (SSSR count). The number of para-hydroxylation sites is 1. The molecule has 1 unspecified atom stereocenters. The van der Waals surface area contributed by atoms with Crippen molar-refractivity contribution in [2.24, 2.45) is 0 Å². The molecule has 2 atom stereocenters. The minimum atomic E-state index is -3.94. The Kier molecular flexibility index (Phi) is 9.16. The molecule has 0 aliphatic heterocycles. The van der Waals surface area contributed by atoms with Crippen LogP contribution in [0.4, 0.5) is 0 Å². The van der Waals surface area contributed by atoms with Gasteiger partial charge in [-0.1, -0.05) is 42.5 Å². The number of benzene rings is 3. The van der Waals surface area contributed by atoms with Crippen LogP contribution >= 0.6 is 0 Å². The van der Waals surface area contributed by atoms with Crippen LogP contribution in [0.3, 0.4) is 0 Å². The van der Waals surface area contributed by atoms with Crippen LogP contribution in [0.15, 0.2) is 91.3 Å². The highest BCUT2D eigenvalue weighted by Gasteiger charge is 2.38. The molecule has 0 saturated heterocycles. The van der Waals surface area contributed by atoms with E-state index in [9.17, 15) is 8.42 Å². The van der Waals surface area contributed by atoms with E-state index in [0.717, 1.165) is 16.7 Å². The summed E-state index contributed by atoms with van der Waals surface area (Å²) in [4.78, 5) is 8.86. The lowest BCUT2D eigenvalue weighted by Crippen LogP contribution is -2.41. The zero-order valence-electron chi connectivity index (χ0n) is 22.5. The topological polar surface area (TPSA) is 90.9 Å². The Morgan fingerprint density at radius 2 is 1.23 bits per heavy atom. The van der Waals surface area contributed by atoms with E-state index in [1.165, 1.54) is 4.31 Å². The molecule has 39 heavy (non-hydrogen) atoms. The van der Waals surface area contributed by atoms with Crippen molar-refractivity contribution in [3.8, 4) is 17.2 Å². The maximum absolute atomic E-state index is 14.3. The Labute approximate surface area is 230 Å². The van der Waals surface area contributed by atoms with Gasteiger partial charge < -0.3 is 14.2 Å². The third-order valence-electron chi connectivity index (χ3n) is 6.35. The Morgan fingerprint density at radius 1 is 0.744 bits per heavy atom. The summed E-state index contributed by atoms with van der Waals surface area (Å²) in [7, 11) is -0.752. The standard InChI is InChI=1S/C30H33N3O5S/c1-22-18-31-30(32-19-22)29(38-28-8-6-5-7-9-28)23(2)39(34,35)33(20-24-10-14-26(36-3)15-11-24)21-25-12-16-27(37-4)17-13-25/h5-19,23,29H,20-21H2,1-4H3/t23?,29-/m1/s1. The number of hydrogen-bond donors (Lipinski definition) is 0. The largest absolute Gasteiger partial charge is 0.497 e. The number of sulfonamides is 1. The predicted octanol–water partition coefficient (Wildman–Crippen LogP) is 5.34. The van der Waals surface area contributed by atoms with Crippen molar-refractivity contribution in [1.82, 2.24) is 14.3 Å². The Hall–Kier alpha value is -3.95. The zero-order chi connectivity index (χ0) is 27.8. The molecule has 0 radical (unpaired) electrons. The van der Waals surface area contributed by atoms with Crippen LogP contribution in [-0.4, -0.2) is 42.2 Å². The summed E-state index contributed by atoms with van der Waals surface area (Å²) >= 11 is 0. The molecule has 0 aliphatic carbocycles. The molecular weight excluding hydrogens is 514 g/mol. The fourth-order valence-electron chi connectivity index (χ4n) is 4.05. The van der Waals surface area contributed by atoms with Crippen molar-refractivity contribution < 1.29 is 22.6 Å². The lowest BCUT2D eigenvalue weighted by Gasteiger charge is -2.30. The molecule has 0 amide bonds. The van der Waals surface area contributed by atoms with Crippen LogP contribution in [0, 0.1) is 6.92 Å². The number of aromatic nitrogens is 2. The second-order valence-electron chi connectivity index (χ2n) is 9.18. The van der Waals surface area contributed by atoms with Crippen LogP contribution < -0.4 is 14.2 Å². The molecule has 0 spiro atoms. The number of hydrogen-bond acceptors (Lipinski definition) is 7. The van der Waals surface area contributed by atoms with E-state index in [-0.39, 0.29) is 13.1 Å². The summed E-state index contributed by atoms with van der Waals surface area (Å²) < 4.78 is 46.8. The van der Waals surface area contributed by atoms with Crippen LogP contribution in [0.25, 0.3) is 0 Å². The van der Waals surface area contributed by atoms with Gasteiger partial charge in [0.05, 0.1) is 14.2 Å². The summed E-state index contributed by atoms with van der Waals surface area (Å²) in [6.07, 6.45) is 2.39. The molecule has 4 aromatic rings.